The number of carbonyl (C=O) groups is 1. The first-order chi connectivity index (χ1) is 9.95. The summed E-state index contributed by atoms with van der Waals surface area (Å²) in [6, 6.07) is 12.0. The van der Waals surface area contributed by atoms with Gasteiger partial charge in [0.1, 0.15) is 5.75 Å². The van der Waals surface area contributed by atoms with E-state index in [2.05, 4.69) is 26.6 Å². The van der Waals surface area contributed by atoms with Crippen molar-refractivity contribution in [2.45, 2.75) is 6.92 Å². The summed E-state index contributed by atoms with van der Waals surface area (Å²) in [6.45, 7) is 1.90. The van der Waals surface area contributed by atoms with Gasteiger partial charge in [-0.3, -0.25) is 10.1 Å². The van der Waals surface area contributed by atoms with Crippen LogP contribution in [0.3, 0.4) is 0 Å². The summed E-state index contributed by atoms with van der Waals surface area (Å²) in [5, 5.41) is 15.2. The summed E-state index contributed by atoms with van der Waals surface area (Å²) >= 11 is 8.38. The lowest BCUT2D eigenvalue weighted by Crippen LogP contribution is -2.34. The van der Waals surface area contributed by atoms with E-state index in [0.29, 0.717) is 11.3 Å². The van der Waals surface area contributed by atoms with Crippen LogP contribution in [0.1, 0.15) is 15.9 Å². The quantitative estimate of drug-likeness (QED) is 0.562. The Hall–Kier alpha value is -1.92. The van der Waals surface area contributed by atoms with Gasteiger partial charge in [0, 0.05) is 10.0 Å². The lowest BCUT2D eigenvalue weighted by molar-refractivity contribution is 0.0977. The van der Waals surface area contributed by atoms with Crippen LogP contribution < -0.4 is 10.6 Å². The maximum Gasteiger partial charge on any atom is 0.257 e. The fourth-order valence-electron chi connectivity index (χ4n) is 1.68. The van der Waals surface area contributed by atoms with Gasteiger partial charge in [0.15, 0.2) is 5.11 Å². The van der Waals surface area contributed by atoms with E-state index in [1.54, 1.807) is 42.5 Å². The fourth-order valence-corrected chi connectivity index (χ4v) is 2.15. The average Bonchev–Trinajstić information content (AvgIpc) is 2.43. The minimum atomic E-state index is -0.313. The molecule has 0 bridgehead atoms. The Labute approximate surface area is 136 Å². The van der Waals surface area contributed by atoms with Crippen molar-refractivity contribution >= 4 is 44.9 Å². The third-order valence-corrected chi connectivity index (χ3v) is 3.47. The molecule has 0 fully saturated rings. The van der Waals surface area contributed by atoms with Gasteiger partial charge >= 0.3 is 0 Å². The van der Waals surface area contributed by atoms with E-state index in [1.807, 2.05) is 6.92 Å². The molecule has 2 aromatic carbocycles. The number of benzene rings is 2. The van der Waals surface area contributed by atoms with Crippen molar-refractivity contribution in [3.05, 3.63) is 58.1 Å². The highest BCUT2D eigenvalue weighted by molar-refractivity contribution is 9.10. The van der Waals surface area contributed by atoms with Crippen molar-refractivity contribution < 1.29 is 9.90 Å². The predicted molar refractivity (Wildman–Crippen MR) is 90.7 cm³/mol. The predicted octanol–water partition coefficient (Wildman–Crippen LogP) is 3.59. The maximum absolute atomic E-state index is 12.0. The number of hydrogen-bond acceptors (Lipinski definition) is 3. The summed E-state index contributed by atoms with van der Waals surface area (Å²) in [5.74, 6) is -0.243. The van der Waals surface area contributed by atoms with Gasteiger partial charge in [0.25, 0.3) is 5.91 Å². The number of thiocarbonyl (C=S) groups is 1. The van der Waals surface area contributed by atoms with Crippen LogP contribution in [0.4, 0.5) is 5.69 Å². The molecule has 4 nitrogen and oxygen atoms in total. The largest absolute Gasteiger partial charge is 0.506 e. The van der Waals surface area contributed by atoms with Crippen LogP contribution >= 0.6 is 28.1 Å². The molecule has 0 unspecified atom stereocenters. The molecular weight excluding hydrogens is 352 g/mol. The molecule has 0 aliphatic rings. The summed E-state index contributed by atoms with van der Waals surface area (Å²) in [7, 11) is 0. The number of hydrogen-bond donors (Lipinski definition) is 3. The second kappa shape index (κ2) is 6.69. The molecule has 0 aliphatic heterocycles. The Morgan fingerprint density at radius 2 is 1.86 bits per heavy atom. The highest BCUT2D eigenvalue weighted by Gasteiger charge is 2.09. The SMILES string of the molecule is Cc1ccc(O)c(NC(=S)NC(=O)c2ccc(Br)cc2)c1. The number of carbonyl (C=O) groups excluding carboxylic acids is 1. The van der Waals surface area contributed by atoms with Gasteiger partial charge < -0.3 is 10.4 Å². The second-order valence-corrected chi connectivity index (χ2v) is 5.76. The zero-order valence-corrected chi connectivity index (χ0v) is 13.6. The summed E-state index contributed by atoms with van der Waals surface area (Å²) in [4.78, 5) is 12.0. The van der Waals surface area contributed by atoms with E-state index >= 15 is 0 Å². The van der Waals surface area contributed by atoms with Crippen LogP contribution in [0, 0.1) is 6.92 Å². The van der Waals surface area contributed by atoms with Gasteiger partial charge in [-0.1, -0.05) is 22.0 Å². The fraction of sp³-hybridized carbons (Fsp3) is 0.0667. The third kappa shape index (κ3) is 4.27. The van der Waals surface area contributed by atoms with Gasteiger partial charge in [0.2, 0.25) is 0 Å². The van der Waals surface area contributed by atoms with Crippen molar-refractivity contribution in [2.24, 2.45) is 0 Å². The minimum absolute atomic E-state index is 0.0702. The number of aromatic hydroxyl groups is 1. The van der Waals surface area contributed by atoms with Crippen molar-refractivity contribution in [1.29, 1.82) is 0 Å². The number of anilines is 1. The number of amides is 1. The molecule has 0 saturated carbocycles. The van der Waals surface area contributed by atoms with Crippen molar-refractivity contribution in [1.82, 2.24) is 5.32 Å². The summed E-state index contributed by atoms with van der Waals surface area (Å²) in [6.07, 6.45) is 0. The van der Waals surface area contributed by atoms with Crippen LogP contribution in [0.15, 0.2) is 46.9 Å². The Morgan fingerprint density at radius 3 is 2.52 bits per heavy atom. The smallest absolute Gasteiger partial charge is 0.257 e. The van der Waals surface area contributed by atoms with Crippen LogP contribution in [-0.2, 0) is 0 Å². The van der Waals surface area contributed by atoms with E-state index in [0.717, 1.165) is 10.0 Å². The Balaban J connectivity index is 2.03. The molecule has 108 valence electrons. The van der Waals surface area contributed by atoms with Gasteiger partial charge in [0.05, 0.1) is 5.69 Å². The Bertz CT molecular complexity index is 687. The monoisotopic (exact) mass is 364 g/mol. The van der Waals surface area contributed by atoms with Crippen LogP contribution in [0.5, 0.6) is 5.75 Å². The van der Waals surface area contributed by atoms with E-state index in [-0.39, 0.29) is 16.8 Å². The number of phenolic OH excluding ortho intramolecular Hbond substituents is 1. The summed E-state index contributed by atoms with van der Waals surface area (Å²) < 4.78 is 0.893. The lowest BCUT2D eigenvalue weighted by atomic mass is 10.2. The molecule has 0 spiro atoms. The second-order valence-electron chi connectivity index (χ2n) is 4.44. The number of aryl methyl sites for hydroxylation is 1. The van der Waals surface area contributed by atoms with E-state index in [4.69, 9.17) is 12.2 Å². The zero-order valence-electron chi connectivity index (χ0n) is 11.2. The summed E-state index contributed by atoms with van der Waals surface area (Å²) in [5.41, 5.74) is 1.92. The average molecular weight is 365 g/mol. The molecule has 6 heteroatoms. The van der Waals surface area contributed by atoms with Crippen LogP contribution in [0.2, 0.25) is 0 Å². The molecule has 1 amide bonds. The van der Waals surface area contributed by atoms with Crippen LogP contribution in [0.25, 0.3) is 0 Å². The van der Waals surface area contributed by atoms with Gasteiger partial charge in [-0.25, -0.2) is 0 Å². The van der Waals surface area contributed by atoms with Crippen LogP contribution in [-0.4, -0.2) is 16.1 Å². The molecule has 0 aliphatic carbocycles. The number of rotatable bonds is 2. The lowest BCUT2D eigenvalue weighted by Gasteiger charge is -2.11. The highest BCUT2D eigenvalue weighted by atomic mass is 79.9. The molecule has 3 N–H and O–H groups in total. The molecule has 2 rings (SSSR count). The number of nitrogens with one attached hydrogen (secondary N) is 2. The van der Waals surface area contributed by atoms with Gasteiger partial charge in [-0.2, -0.15) is 0 Å². The van der Waals surface area contributed by atoms with E-state index in [9.17, 15) is 9.90 Å². The maximum atomic E-state index is 12.0. The molecule has 0 aromatic heterocycles. The highest BCUT2D eigenvalue weighted by Crippen LogP contribution is 2.23. The van der Waals surface area contributed by atoms with Crippen molar-refractivity contribution in [2.75, 3.05) is 5.32 Å². The first-order valence-electron chi connectivity index (χ1n) is 6.13. The number of halogens is 1. The first kappa shape index (κ1) is 15.5. The van der Waals surface area contributed by atoms with E-state index in [1.165, 1.54) is 0 Å². The van der Waals surface area contributed by atoms with E-state index < -0.39 is 0 Å². The third-order valence-electron chi connectivity index (χ3n) is 2.73. The zero-order chi connectivity index (χ0) is 15.4. The molecular formula is C15H13BrN2O2S. The molecule has 0 saturated heterocycles. The molecule has 21 heavy (non-hydrogen) atoms. The van der Waals surface area contributed by atoms with Gasteiger partial charge in [-0.05, 0) is 61.1 Å². The molecule has 0 radical (unpaired) electrons. The number of phenols is 1. The van der Waals surface area contributed by atoms with Gasteiger partial charge in [-0.15, -0.1) is 0 Å². The Kier molecular flexibility index (Phi) is 4.93. The molecule has 0 heterocycles. The molecule has 2 aromatic rings. The molecule has 0 atom stereocenters. The topological polar surface area (TPSA) is 61.4 Å². The Morgan fingerprint density at radius 1 is 1.19 bits per heavy atom. The minimum Gasteiger partial charge on any atom is -0.506 e. The van der Waals surface area contributed by atoms with Crippen molar-refractivity contribution in [3.8, 4) is 5.75 Å². The standard InChI is InChI=1S/C15H13BrN2O2S/c1-9-2-7-13(19)12(8-9)17-15(21)18-14(20)10-3-5-11(16)6-4-10/h2-8,19H,1H3,(H2,17,18,20,21). The normalized spacial score (nSPS) is 10.0. The first-order valence-corrected chi connectivity index (χ1v) is 7.33. The van der Waals surface area contributed by atoms with Crippen molar-refractivity contribution in [3.63, 3.8) is 0 Å².